The quantitative estimate of drug-likeness (QED) is 0.906. The number of hydrogen-bond acceptors (Lipinski definition) is 5. The van der Waals surface area contributed by atoms with E-state index in [1.165, 1.54) is 11.1 Å². The van der Waals surface area contributed by atoms with Crippen LogP contribution in [0.2, 0.25) is 0 Å². The Morgan fingerprint density at radius 2 is 2.09 bits per heavy atom. The molecule has 2 heterocycles. The summed E-state index contributed by atoms with van der Waals surface area (Å²) in [7, 11) is 0. The van der Waals surface area contributed by atoms with Crippen molar-refractivity contribution in [2.24, 2.45) is 0 Å². The second kappa shape index (κ2) is 6.32. The van der Waals surface area contributed by atoms with Gasteiger partial charge in [0.2, 0.25) is 0 Å². The minimum atomic E-state index is -0.0257. The standard InChI is InChI=1S/C17H22N4O/c1-12(10-22)20-16-8-17(19-11-18-16)21-9-15-6-4-3-5-14(15)7-13(21)2/h3-6,8,11-13,22H,7,9-10H2,1-2H3,(H,18,19,20)/t12-,13+/m0/s1. The average molecular weight is 298 g/mol. The van der Waals surface area contributed by atoms with Gasteiger partial charge in [0, 0.05) is 24.7 Å². The number of anilines is 2. The summed E-state index contributed by atoms with van der Waals surface area (Å²) in [4.78, 5) is 11.0. The van der Waals surface area contributed by atoms with Crippen molar-refractivity contribution in [1.82, 2.24) is 9.97 Å². The Morgan fingerprint density at radius 3 is 2.86 bits per heavy atom. The lowest BCUT2D eigenvalue weighted by atomic mass is 9.95. The highest BCUT2D eigenvalue weighted by Crippen LogP contribution is 2.27. The molecule has 0 unspecified atom stereocenters. The molecule has 0 saturated heterocycles. The van der Waals surface area contributed by atoms with Crippen LogP contribution in [0.25, 0.3) is 0 Å². The molecule has 1 aromatic heterocycles. The van der Waals surface area contributed by atoms with Gasteiger partial charge in [0.1, 0.15) is 18.0 Å². The molecule has 2 atom stereocenters. The predicted octanol–water partition coefficient (Wildman–Crippen LogP) is 2.22. The molecule has 0 bridgehead atoms. The Morgan fingerprint density at radius 1 is 1.32 bits per heavy atom. The van der Waals surface area contributed by atoms with Gasteiger partial charge in [-0.1, -0.05) is 24.3 Å². The maximum atomic E-state index is 9.15. The highest BCUT2D eigenvalue weighted by Gasteiger charge is 2.23. The lowest BCUT2D eigenvalue weighted by Gasteiger charge is -2.35. The van der Waals surface area contributed by atoms with Crippen LogP contribution in [0, 0.1) is 0 Å². The average Bonchev–Trinajstić information content (AvgIpc) is 2.54. The van der Waals surface area contributed by atoms with Gasteiger partial charge in [-0.25, -0.2) is 9.97 Å². The Labute approximate surface area is 131 Å². The maximum absolute atomic E-state index is 9.15. The Balaban J connectivity index is 1.83. The van der Waals surface area contributed by atoms with Crippen molar-refractivity contribution >= 4 is 11.6 Å². The van der Waals surface area contributed by atoms with E-state index in [4.69, 9.17) is 5.11 Å². The minimum Gasteiger partial charge on any atom is -0.394 e. The van der Waals surface area contributed by atoms with Crippen molar-refractivity contribution in [3.63, 3.8) is 0 Å². The van der Waals surface area contributed by atoms with E-state index >= 15 is 0 Å². The summed E-state index contributed by atoms with van der Waals surface area (Å²) in [6, 6.07) is 10.9. The van der Waals surface area contributed by atoms with E-state index in [0.29, 0.717) is 6.04 Å². The predicted molar refractivity (Wildman–Crippen MR) is 88.0 cm³/mol. The van der Waals surface area contributed by atoms with Crippen molar-refractivity contribution < 1.29 is 5.11 Å². The van der Waals surface area contributed by atoms with E-state index in [2.05, 4.69) is 51.4 Å². The minimum absolute atomic E-state index is 0.0257. The van der Waals surface area contributed by atoms with Crippen LogP contribution in [0.4, 0.5) is 11.6 Å². The second-order valence-corrected chi connectivity index (χ2v) is 5.94. The van der Waals surface area contributed by atoms with E-state index < -0.39 is 0 Å². The SMILES string of the molecule is C[C@@H]1Cc2ccccc2CN1c1cc(N[C@@H](C)CO)ncn1. The number of nitrogens with zero attached hydrogens (tertiary/aromatic N) is 3. The first kappa shape index (κ1) is 14.8. The molecule has 116 valence electrons. The van der Waals surface area contributed by atoms with Gasteiger partial charge in [0.15, 0.2) is 0 Å². The zero-order chi connectivity index (χ0) is 15.5. The van der Waals surface area contributed by atoms with Crippen LogP contribution in [0.5, 0.6) is 0 Å². The van der Waals surface area contributed by atoms with Crippen molar-refractivity contribution in [2.75, 3.05) is 16.8 Å². The van der Waals surface area contributed by atoms with Crippen LogP contribution in [0.15, 0.2) is 36.7 Å². The fraction of sp³-hybridized carbons (Fsp3) is 0.412. The molecule has 22 heavy (non-hydrogen) atoms. The van der Waals surface area contributed by atoms with Crippen LogP contribution in [-0.2, 0) is 13.0 Å². The molecule has 3 rings (SSSR count). The fourth-order valence-electron chi connectivity index (χ4n) is 2.87. The molecule has 5 heteroatoms. The van der Waals surface area contributed by atoms with Gasteiger partial charge in [-0.05, 0) is 31.4 Å². The van der Waals surface area contributed by atoms with E-state index in [0.717, 1.165) is 24.6 Å². The summed E-state index contributed by atoms with van der Waals surface area (Å²) in [5.74, 6) is 1.67. The lowest BCUT2D eigenvalue weighted by molar-refractivity contribution is 0.281. The third-order valence-electron chi connectivity index (χ3n) is 4.12. The molecule has 5 nitrogen and oxygen atoms in total. The maximum Gasteiger partial charge on any atom is 0.134 e. The summed E-state index contributed by atoms with van der Waals surface area (Å²) < 4.78 is 0. The monoisotopic (exact) mass is 298 g/mol. The second-order valence-electron chi connectivity index (χ2n) is 5.94. The first-order chi connectivity index (χ1) is 10.7. The number of aliphatic hydroxyl groups excluding tert-OH is 1. The van der Waals surface area contributed by atoms with Gasteiger partial charge in [-0.3, -0.25) is 0 Å². The molecule has 1 aliphatic rings. The van der Waals surface area contributed by atoms with Crippen molar-refractivity contribution in [3.05, 3.63) is 47.8 Å². The van der Waals surface area contributed by atoms with Crippen LogP contribution in [-0.4, -0.2) is 33.8 Å². The Hall–Kier alpha value is -2.14. The van der Waals surface area contributed by atoms with E-state index in [-0.39, 0.29) is 12.6 Å². The van der Waals surface area contributed by atoms with Gasteiger partial charge < -0.3 is 15.3 Å². The Kier molecular flexibility index (Phi) is 4.24. The number of fused-ring (bicyclic) bond motifs is 1. The molecular formula is C17H22N4O. The van der Waals surface area contributed by atoms with Gasteiger partial charge in [-0.15, -0.1) is 0 Å². The zero-order valence-corrected chi connectivity index (χ0v) is 13.0. The van der Waals surface area contributed by atoms with E-state index in [1.54, 1.807) is 6.33 Å². The largest absolute Gasteiger partial charge is 0.394 e. The van der Waals surface area contributed by atoms with Gasteiger partial charge in [0.25, 0.3) is 0 Å². The highest BCUT2D eigenvalue weighted by atomic mass is 16.3. The molecule has 2 aromatic rings. The number of aromatic nitrogens is 2. The summed E-state index contributed by atoms with van der Waals surface area (Å²) in [6.45, 7) is 5.08. The fourth-order valence-corrected chi connectivity index (χ4v) is 2.87. The number of benzene rings is 1. The molecule has 0 spiro atoms. The van der Waals surface area contributed by atoms with Crippen molar-refractivity contribution in [1.29, 1.82) is 0 Å². The highest BCUT2D eigenvalue weighted by molar-refractivity contribution is 5.51. The number of hydrogen-bond donors (Lipinski definition) is 2. The topological polar surface area (TPSA) is 61.3 Å². The smallest absolute Gasteiger partial charge is 0.134 e. The van der Waals surface area contributed by atoms with Gasteiger partial charge in [-0.2, -0.15) is 0 Å². The first-order valence-electron chi connectivity index (χ1n) is 7.70. The summed E-state index contributed by atoms with van der Waals surface area (Å²) >= 11 is 0. The van der Waals surface area contributed by atoms with E-state index in [1.807, 2.05) is 13.0 Å². The van der Waals surface area contributed by atoms with Crippen LogP contribution >= 0.6 is 0 Å². The molecular weight excluding hydrogens is 276 g/mol. The summed E-state index contributed by atoms with van der Waals surface area (Å²) in [5.41, 5.74) is 2.78. The molecule has 1 aromatic carbocycles. The normalized spacial score (nSPS) is 18.7. The van der Waals surface area contributed by atoms with Crippen LogP contribution in [0.1, 0.15) is 25.0 Å². The summed E-state index contributed by atoms with van der Waals surface area (Å²) in [5, 5.41) is 12.3. The number of aliphatic hydroxyl groups is 1. The molecule has 0 fully saturated rings. The molecule has 2 N–H and O–H groups in total. The molecule has 0 aliphatic carbocycles. The zero-order valence-electron chi connectivity index (χ0n) is 13.0. The van der Waals surface area contributed by atoms with Crippen molar-refractivity contribution in [3.8, 4) is 0 Å². The molecule has 0 radical (unpaired) electrons. The molecule has 1 aliphatic heterocycles. The van der Waals surface area contributed by atoms with Gasteiger partial charge >= 0.3 is 0 Å². The molecule has 0 saturated carbocycles. The van der Waals surface area contributed by atoms with Crippen molar-refractivity contribution in [2.45, 2.75) is 38.9 Å². The Bertz CT molecular complexity index is 646. The third kappa shape index (κ3) is 3.04. The van der Waals surface area contributed by atoms with Crippen LogP contribution in [0.3, 0.4) is 0 Å². The first-order valence-corrected chi connectivity index (χ1v) is 7.70. The summed E-state index contributed by atoms with van der Waals surface area (Å²) in [6.07, 6.45) is 2.60. The number of rotatable bonds is 4. The van der Waals surface area contributed by atoms with Crippen LogP contribution < -0.4 is 10.2 Å². The third-order valence-corrected chi connectivity index (χ3v) is 4.12. The lowest BCUT2D eigenvalue weighted by Crippen LogP contribution is -2.39. The van der Waals surface area contributed by atoms with Gasteiger partial charge in [0.05, 0.1) is 6.61 Å². The van der Waals surface area contributed by atoms with E-state index in [9.17, 15) is 0 Å². The molecule has 0 amide bonds. The number of nitrogens with one attached hydrogen (secondary N) is 1.